The average Bonchev–Trinajstić information content (AvgIpc) is 3.62. The van der Waals surface area contributed by atoms with E-state index < -0.39 is 31.5 Å². The molecular weight excluding hydrogens is 733 g/mol. The molecule has 0 aliphatic carbocycles. The summed E-state index contributed by atoms with van der Waals surface area (Å²) in [4.78, 5) is 58.5. The lowest BCUT2D eigenvalue weighted by Gasteiger charge is -2.37. The molecule has 0 unspecified atom stereocenters. The molecule has 3 amide bonds. The van der Waals surface area contributed by atoms with E-state index in [4.69, 9.17) is 9.84 Å². The van der Waals surface area contributed by atoms with Gasteiger partial charge in [0.2, 0.25) is 11.8 Å². The fourth-order valence-electron chi connectivity index (χ4n) is 9.44. The molecule has 5 atom stereocenters. The van der Waals surface area contributed by atoms with Crippen molar-refractivity contribution in [1.82, 2.24) is 4.90 Å². The summed E-state index contributed by atoms with van der Waals surface area (Å²) in [6.07, 6.45) is 6.61. The number of aliphatic hydroxyl groups is 1. The third kappa shape index (κ3) is 7.82. The summed E-state index contributed by atoms with van der Waals surface area (Å²) in [6, 6.07) is 23.0. The molecule has 0 radical (unpaired) electrons. The molecule has 4 aliphatic rings. The van der Waals surface area contributed by atoms with Gasteiger partial charge in [-0.25, -0.2) is 5.01 Å². The zero-order valence-electron chi connectivity index (χ0n) is 34.1. The fraction of sp³-hybridized carbons (Fsp3) is 0.435. The summed E-state index contributed by atoms with van der Waals surface area (Å²) in [5.41, 5.74) is 6.14. The molecule has 4 heterocycles. The van der Waals surface area contributed by atoms with Crippen LogP contribution in [-0.4, -0.2) is 71.9 Å². The molecule has 300 valence electrons. The number of ether oxygens (including phenoxy) is 1. The highest BCUT2D eigenvalue weighted by Gasteiger charge is 2.66. The smallest absolute Gasteiger partial charge is 0.264 e. The molecule has 1 fully saturated rings. The molecule has 0 saturated carbocycles. The van der Waals surface area contributed by atoms with Crippen molar-refractivity contribution in [1.29, 1.82) is 0 Å². The first-order valence-electron chi connectivity index (χ1n) is 20.3. The highest BCUT2D eigenvalue weighted by Crippen LogP contribution is 2.60. The number of hydrogen-bond donors (Lipinski definition) is 2. The molecule has 0 bridgehead atoms. The lowest BCUT2D eigenvalue weighted by molar-refractivity contribution is -0.150. The van der Waals surface area contributed by atoms with E-state index in [0.29, 0.717) is 42.9 Å². The summed E-state index contributed by atoms with van der Waals surface area (Å²) in [6.45, 7) is 12.4. The Morgan fingerprint density at radius 1 is 0.982 bits per heavy atom. The zero-order valence-corrected chi connectivity index (χ0v) is 35.1. The van der Waals surface area contributed by atoms with E-state index in [2.05, 4.69) is 32.9 Å². The third-order valence-corrected chi connectivity index (χ3v) is 14.8. The van der Waals surface area contributed by atoms with E-state index in [1.54, 1.807) is 9.80 Å². The number of aliphatic hydroxyl groups excluding tert-OH is 1. The van der Waals surface area contributed by atoms with Gasteiger partial charge in [0.1, 0.15) is 0 Å². The van der Waals surface area contributed by atoms with Gasteiger partial charge in [-0.3, -0.25) is 14.4 Å². The summed E-state index contributed by atoms with van der Waals surface area (Å²) >= 11 is 0. The average molecular weight is 789 g/mol. The van der Waals surface area contributed by atoms with Crippen molar-refractivity contribution in [2.45, 2.75) is 109 Å². The number of hydrogen-bond acceptors (Lipinski definition) is 7. The normalized spacial score (nSPS) is 24.8. The second-order valence-corrected chi connectivity index (χ2v) is 21.0. The lowest BCUT2D eigenvalue weighted by Crippen LogP contribution is -2.48. The van der Waals surface area contributed by atoms with Crippen LogP contribution in [0, 0.1) is 5.92 Å². The molecular formula is C46H56N4O6Si. The van der Waals surface area contributed by atoms with E-state index in [0.717, 1.165) is 40.8 Å². The van der Waals surface area contributed by atoms with Crippen molar-refractivity contribution in [3.8, 4) is 0 Å². The Morgan fingerprint density at radius 2 is 1.70 bits per heavy atom. The minimum Gasteiger partial charge on any atom is -0.432 e. The van der Waals surface area contributed by atoms with Crippen molar-refractivity contribution in [3.05, 3.63) is 118 Å². The van der Waals surface area contributed by atoms with Crippen molar-refractivity contribution >= 4 is 43.1 Å². The zero-order chi connectivity index (χ0) is 40.6. The molecule has 3 aromatic carbocycles. The van der Waals surface area contributed by atoms with Crippen LogP contribution in [0.2, 0.25) is 18.6 Å². The Morgan fingerprint density at radius 3 is 2.40 bits per heavy atom. The first kappa shape index (κ1) is 40.5. The van der Waals surface area contributed by atoms with Crippen LogP contribution in [0.15, 0.2) is 101 Å². The minimum absolute atomic E-state index is 0.0482. The number of fused-ring (bicyclic) bond motifs is 3. The van der Waals surface area contributed by atoms with Crippen molar-refractivity contribution in [2.75, 3.05) is 23.1 Å². The number of nitrogens with zero attached hydrogens (tertiary/aromatic N) is 4. The van der Waals surface area contributed by atoms with E-state index in [1.165, 1.54) is 10.6 Å². The van der Waals surface area contributed by atoms with Gasteiger partial charge >= 0.3 is 0 Å². The predicted octanol–water partition coefficient (Wildman–Crippen LogP) is 7.39. The van der Waals surface area contributed by atoms with Crippen molar-refractivity contribution in [3.63, 3.8) is 0 Å². The first-order chi connectivity index (χ1) is 27.2. The van der Waals surface area contributed by atoms with E-state index in [1.807, 2.05) is 92.8 Å². The van der Waals surface area contributed by atoms with E-state index >= 15 is 4.79 Å². The number of anilines is 2. The number of carbonyl (C=O) groups is 3. The van der Waals surface area contributed by atoms with Gasteiger partial charge in [0.25, 0.3) is 5.91 Å². The fourth-order valence-corrected chi connectivity index (χ4v) is 12.0. The van der Waals surface area contributed by atoms with Crippen LogP contribution in [0.5, 0.6) is 0 Å². The number of rotatable bonds is 11. The van der Waals surface area contributed by atoms with Gasteiger partial charge in [-0.1, -0.05) is 84.8 Å². The van der Waals surface area contributed by atoms with Gasteiger partial charge in [0, 0.05) is 43.0 Å². The monoisotopic (exact) mass is 788 g/mol. The van der Waals surface area contributed by atoms with Crippen LogP contribution < -0.4 is 9.91 Å². The molecule has 1 saturated heterocycles. The molecule has 1 spiro atoms. The van der Waals surface area contributed by atoms with Crippen molar-refractivity contribution in [2.24, 2.45) is 11.0 Å². The maximum absolute atomic E-state index is 15.2. The second-order valence-electron chi connectivity index (χ2n) is 17.0. The number of benzene rings is 3. The Labute approximate surface area is 337 Å². The first-order valence-corrected chi connectivity index (χ1v) is 23.3. The van der Waals surface area contributed by atoms with Gasteiger partial charge in [-0.05, 0) is 88.0 Å². The number of amides is 3. The van der Waals surface area contributed by atoms with Gasteiger partial charge in [0.15, 0.2) is 13.9 Å². The Bertz CT molecular complexity index is 2120. The van der Waals surface area contributed by atoms with Crippen LogP contribution in [0.1, 0.15) is 82.1 Å². The van der Waals surface area contributed by atoms with Crippen molar-refractivity contribution < 1.29 is 29.0 Å². The van der Waals surface area contributed by atoms with Crippen LogP contribution in [0.4, 0.5) is 11.4 Å². The van der Waals surface area contributed by atoms with Gasteiger partial charge in [-0.2, -0.15) is 5.10 Å². The van der Waals surface area contributed by atoms with E-state index in [9.17, 15) is 19.5 Å². The second kappa shape index (κ2) is 16.3. The molecule has 3 aromatic rings. The maximum Gasteiger partial charge on any atom is 0.264 e. The number of allylic oxidation sites excluding steroid dienone is 3. The standard InChI is InChI=1S/C46H56N4O6Si/c1-30(2)13-12-14-31(3)23-24-48-40-21-19-36(50-42(52)22-20-39(47-50)33-15-8-7-9-16-33)26-38(40)46(45(48)54)32(4)44(57(5,6)55)41(56-46)27-43(53)49-28-35-18-11-10-17-34(35)25-37(49)29-51/h7-11,13,15-19,21,23,26,32,37,41,44,51,55H,12,14,20,22,24-25,27-29H2,1-6H3/b31-23+/t32-,37+,41+,44-,46+/m1/s1. The molecule has 7 rings (SSSR count). The van der Waals surface area contributed by atoms with E-state index in [-0.39, 0.29) is 43.2 Å². The molecule has 57 heavy (non-hydrogen) atoms. The summed E-state index contributed by atoms with van der Waals surface area (Å²) in [5.74, 6) is -1.08. The minimum atomic E-state index is -3.10. The quantitative estimate of drug-likeness (QED) is 0.154. The Hall–Kier alpha value is -4.68. The summed E-state index contributed by atoms with van der Waals surface area (Å²) in [7, 11) is -3.10. The molecule has 2 N–H and O–H groups in total. The summed E-state index contributed by atoms with van der Waals surface area (Å²) in [5, 5.41) is 16.7. The SMILES string of the molecule is CC(C)=CCC/C(C)=C/CN1C(=O)[C@@]2(O[C@@H](CC(=O)N3Cc4ccccc4C[C@H]3CO)[C@H]([Si](C)(C)O)[C@H]2C)c2cc(N3N=C(c4ccccc4)CCC3=O)ccc21. The predicted molar refractivity (Wildman–Crippen MR) is 226 cm³/mol. The van der Waals surface area contributed by atoms with Gasteiger partial charge < -0.3 is 24.4 Å². The highest BCUT2D eigenvalue weighted by atomic mass is 28.4. The topological polar surface area (TPSA) is 123 Å². The van der Waals surface area contributed by atoms with Gasteiger partial charge in [0.05, 0.1) is 42.3 Å². The molecule has 10 nitrogen and oxygen atoms in total. The Kier molecular flexibility index (Phi) is 11.6. The van der Waals surface area contributed by atoms with Crippen LogP contribution >= 0.6 is 0 Å². The molecule has 11 heteroatoms. The molecule has 4 aliphatic heterocycles. The Balaban J connectivity index is 1.28. The number of hydrazone groups is 1. The van der Waals surface area contributed by atoms with Crippen LogP contribution in [0.25, 0.3) is 0 Å². The number of carbonyl (C=O) groups excluding carboxylic acids is 3. The largest absolute Gasteiger partial charge is 0.432 e. The maximum atomic E-state index is 15.2. The summed E-state index contributed by atoms with van der Waals surface area (Å²) < 4.78 is 7.09. The van der Waals surface area contributed by atoms with Crippen LogP contribution in [0.3, 0.4) is 0 Å². The lowest BCUT2D eigenvalue weighted by atomic mass is 9.82. The van der Waals surface area contributed by atoms with Gasteiger partial charge in [-0.15, -0.1) is 0 Å². The highest BCUT2D eigenvalue weighted by molar-refractivity contribution is 6.71. The third-order valence-electron chi connectivity index (χ3n) is 12.3. The van der Waals surface area contributed by atoms with Crippen LogP contribution in [-0.2, 0) is 37.7 Å². The molecule has 0 aromatic heterocycles.